The Morgan fingerprint density at radius 3 is 2.19 bits per heavy atom. The summed E-state index contributed by atoms with van der Waals surface area (Å²) in [7, 11) is 0. The van der Waals surface area contributed by atoms with Crippen molar-refractivity contribution in [1.29, 1.82) is 0 Å². The van der Waals surface area contributed by atoms with Crippen LogP contribution < -0.4 is 5.32 Å². The van der Waals surface area contributed by atoms with Crippen molar-refractivity contribution in [2.75, 3.05) is 5.32 Å². The second-order valence-electron chi connectivity index (χ2n) is 6.35. The first-order valence-electron chi connectivity index (χ1n) is 9.01. The molecule has 2 heterocycles. The van der Waals surface area contributed by atoms with Gasteiger partial charge in [-0.3, -0.25) is 0 Å². The van der Waals surface area contributed by atoms with E-state index in [4.69, 9.17) is 11.6 Å². The van der Waals surface area contributed by atoms with Crippen LogP contribution in [0.3, 0.4) is 0 Å². The summed E-state index contributed by atoms with van der Waals surface area (Å²) in [6, 6.07) is 20.5. The Kier molecular flexibility index (Phi) is 5.03. The molecule has 2 aromatic heterocycles. The maximum absolute atomic E-state index is 6.23. The molecule has 0 fully saturated rings. The van der Waals surface area contributed by atoms with E-state index in [0.717, 1.165) is 35.3 Å². The molecular weight excluding hydrogens is 358 g/mol. The Morgan fingerprint density at radius 1 is 0.963 bits per heavy atom. The van der Waals surface area contributed by atoms with E-state index in [0.29, 0.717) is 5.82 Å². The highest BCUT2D eigenvalue weighted by Crippen LogP contribution is 2.29. The van der Waals surface area contributed by atoms with Crippen molar-refractivity contribution in [3.8, 4) is 0 Å². The maximum Gasteiger partial charge on any atom is 0.226 e. The first-order chi connectivity index (χ1) is 13.3. The topological polar surface area (TPSA) is 55.6 Å². The zero-order valence-electron chi connectivity index (χ0n) is 15.0. The lowest BCUT2D eigenvalue weighted by molar-refractivity contribution is 0.691. The standard InChI is InChI=1S/C21H20ClN5/c1-2-13-27-14-23-18-19(25-21(22)26-20(18)27)24-17(15-9-5-3-6-10-15)16-11-7-4-8-12-16/h3-12,14,17H,2,13H2,1H3,(H,24,25,26). The molecule has 0 atom stereocenters. The van der Waals surface area contributed by atoms with Gasteiger partial charge in [-0.1, -0.05) is 67.6 Å². The summed E-state index contributed by atoms with van der Waals surface area (Å²) in [5.41, 5.74) is 3.75. The van der Waals surface area contributed by atoms with Gasteiger partial charge in [0, 0.05) is 6.54 Å². The fourth-order valence-corrected chi connectivity index (χ4v) is 3.37. The van der Waals surface area contributed by atoms with Gasteiger partial charge in [-0.05, 0) is 29.1 Å². The van der Waals surface area contributed by atoms with Gasteiger partial charge in [0.2, 0.25) is 5.28 Å². The number of fused-ring (bicyclic) bond motifs is 1. The van der Waals surface area contributed by atoms with Crippen LogP contribution in [-0.2, 0) is 6.54 Å². The van der Waals surface area contributed by atoms with Crippen molar-refractivity contribution in [3.63, 3.8) is 0 Å². The van der Waals surface area contributed by atoms with E-state index in [1.54, 1.807) is 6.33 Å². The van der Waals surface area contributed by atoms with Crippen LogP contribution in [0.25, 0.3) is 11.2 Å². The molecule has 0 aliphatic carbocycles. The van der Waals surface area contributed by atoms with Crippen LogP contribution in [0.5, 0.6) is 0 Å². The number of aromatic nitrogens is 4. The molecule has 0 spiro atoms. The van der Waals surface area contributed by atoms with Crippen molar-refractivity contribution in [3.05, 3.63) is 83.4 Å². The van der Waals surface area contributed by atoms with Gasteiger partial charge in [-0.2, -0.15) is 9.97 Å². The fourth-order valence-electron chi connectivity index (χ4n) is 3.21. The number of halogens is 1. The first-order valence-corrected chi connectivity index (χ1v) is 9.39. The normalized spacial score (nSPS) is 11.2. The smallest absolute Gasteiger partial charge is 0.226 e. The maximum atomic E-state index is 6.23. The monoisotopic (exact) mass is 377 g/mol. The highest BCUT2D eigenvalue weighted by atomic mass is 35.5. The van der Waals surface area contributed by atoms with Crippen LogP contribution in [0.4, 0.5) is 5.82 Å². The van der Waals surface area contributed by atoms with E-state index in [-0.39, 0.29) is 11.3 Å². The number of rotatable bonds is 6. The molecular formula is C21H20ClN5. The van der Waals surface area contributed by atoms with Crippen LogP contribution in [-0.4, -0.2) is 19.5 Å². The van der Waals surface area contributed by atoms with E-state index in [9.17, 15) is 0 Å². The summed E-state index contributed by atoms with van der Waals surface area (Å²) in [5, 5.41) is 3.75. The molecule has 5 nitrogen and oxygen atoms in total. The predicted molar refractivity (Wildman–Crippen MR) is 109 cm³/mol. The van der Waals surface area contributed by atoms with Gasteiger partial charge in [0.15, 0.2) is 17.0 Å². The number of aryl methyl sites for hydroxylation is 1. The second-order valence-corrected chi connectivity index (χ2v) is 6.69. The average Bonchev–Trinajstić information content (AvgIpc) is 3.10. The molecule has 0 bridgehead atoms. The van der Waals surface area contributed by atoms with Crippen LogP contribution >= 0.6 is 11.6 Å². The number of nitrogens with one attached hydrogen (secondary N) is 1. The van der Waals surface area contributed by atoms with Gasteiger partial charge < -0.3 is 9.88 Å². The third-order valence-corrected chi connectivity index (χ3v) is 4.62. The van der Waals surface area contributed by atoms with Gasteiger partial charge in [0.05, 0.1) is 12.4 Å². The zero-order valence-corrected chi connectivity index (χ0v) is 15.8. The SMILES string of the molecule is CCCn1cnc2c(NC(c3ccccc3)c3ccccc3)nc(Cl)nc21. The summed E-state index contributed by atoms with van der Waals surface area (Å²) < 4.78 is 2.01. The number of nitrogens with zero attached hydrogens (tertiary/aromatic N) is 4. The highest BCUT2D eigenvalue weighted by Gasteiger charge is 2.19. The van der Waals surface area contributed by atoms with Crippen molar-refractivity contribution in [1.82, 2.24) is 19.5 Å². The van der Waals surface area contributed by atoms with Crippen molar-refractivity contribution < 1.29 is 0 Å². The molecule has 1 N–H and O–H groups in total. The molecule has 0 unspecified atom stereocenters. The van der Waals surface area contributed by atoms with Gasteiger partial charge in [0.1, 0.15) is 0 Å². The summed E-state index contributed by atoms with van der Waals surface area (Å²) in [6.45, 7) is 2.96. The Bertz CT molecular complexity index is 991. The third-order valence-electron chi connectivity index (χ3n) is 4.45. The molecule has 0 saturated carbocycles. The summed E-state index contributed by atoms with van der Waals surface area (Å²) in [5.74, 6) is 0.637. The zero-order chi connectivity index (χ0) is 18.6. The molecule has 6 heteroatoms. The van der Waals surface area contributed by atoms with E-state index in [1.165, 1.54) is 0 Å². The Labute approximate surface area is 163 Å². The summed E-state index contributed by atoms with van der Waals surface area (Å²) in [4.78, 5) is 13.4. The lowest BCUT2D eigenvalue weighted by Gasteiger charge is -2.20. The Morgan fingerprint density at radius 2 is 1.59 bits per heavy atom. The van der Waals surface area contributed by atoms with Crippen molar-refractivity contribution >= 4 is 28.6 Å². The minimum absolute atomic E-state index is 0.0714. The number of anilines is 1. The van der Waals surface area contributed by atoms with Gasteiger partial charge in [0.25, 0.3) is 0 Å². The van der Waals surface area contributed by atoms with Crippen molar-refractivity contribution in [2.45, 2.75) is 25.9 Å². The molecule has 2 aromatic carbocycles. The Balaban J connectivity index is 1.80. The van der Waals surface area contributed by atoms with Crippen LogP contribution in [0.15, 0.2) is 67.0 Å². The van der Waals surface area contributed by atoms with E-state index >= 15 is 0 Å². The van der Waals surface area contributed by atoms with Gasteiger partial charge >= 0.3 is 0 Å². The quantitative estimate of drug-likeness (QED) is 0.475. The Hall–Kier alpha value is -2.92. The van der Waals surface area contributed by atoms with Gasteiger partial charge in [-0.15, -0.1) is 0 Å². The average molecular weight is 378 g/mol. The summed E-state index contributed by atoms with van der Waals surface area (Å²) >= 11 is 6.23. The minimum atomic E-state index is -0.0714. The molecule has 136 valence electrons. The molecule has 27 heavy (non-hydrogen) atoms. The third kappa shape index (κ3) is 3.64. The lowest BCUT2D eigenvalue weighted by atomic mass is 9.99. The van der Waals surface area contributed by atoms with Crippen molar-refractivity contribution in [2.24, 2.45) is 0 Å². The number of benzene rings is 2. The number of hydrogen-bond acceptors (Lipinski definition) is 4. The fraction of sp³-hybridized carbons (Fsp3) is 0.190. The van der Waals surface area contributed by atoms with Crippen LogP contribution in [0.2, 0.25) is 5.28 Å². The molecule has 0 aliphatic rings. The first kappa shape index (κ1) is 17.5. The largest absolute Gasteiger partial charge is 0.357 e. The van der Waals surface area contributed by atoms with E-state index in [2.05, 4.69) is 51.5 Å². The van der Waals surface area contributed by atoms with E-state index in [1.807, 2.05) is 41.0 Å². The molecule has 4 aromatic rings. The minimum Gasteiger partial charge on any atom is -0.357 e. The molecule has 4 rings (SSSR count). The number of hydrogen-bond donors (Lipinski definition) is 1. The van der Waals surface area contributed by atoms with E-state index < -0.39 is 0 Å². The molecule has 0 amide bonds. The number of imidazole rings is 1. The lowest BCUT2D eigenvalue weighted by Crippen LogP contribution is -2.14. The van der Waals surface area contributed by atoms with Gasteiger partial charge in [-0.25, -0.2) is 4.98 Å². The predicted octanol–water partition coefficient (Wildman–Crippen LogP) is 5.09. The molecule has 0 saturated heterocycles. The second kappa shape index (κ2) is 7.76. The summed E-state index contributed by atoms with van der Waals surface area (Å²) in [6.07, 6.45) is 2.79. The highest BCUT2D eigenvalue weighted by molar-refractivity contribution is 6.28. The van der Waals surface area contributed by atoms with Crippen LogP contribution in [0.1, 0.15) is 30.5 Å². The molecule has 0 aliphatic heterocycles. The molecule has 0 radical (unpaired) electrons. The van der Waals surface area contributed by atoms with Crippen LogP contribution in [0, 0.1) is 0 Å².